The molecule has 0 aliphatic carbocycles. The van der Waals surface area contributed by atoms with E-state index in [9.17, 15) is 4.79 Å². The van der Waals surface area contributed by atoms with Gasteiger partial charge in [-0.3, -0.25) is 0 Å². The first-order chi connectivity index (χ1) is 5.93. The van der Waals surface area contributed by atoms with Gasteiger partial charge in [-0.2, -0.15) is 0 Å². The lowest BCUT2D eigenvalue weighted by atomic mass is 9.90. The second-order valence-electron chi connectivity index (χ2n) is 4.18. The van der Waals surface area contributed by atoms with E-state index in [1.54, 1.807) is 6.92 Å². The summed E-state index contributed by atoms with van der Waals surface area (Å²) in [6, 6.07) is 0. The first-order valence-corrected chi connectivity index (χ1v) is 4.38. The maximum atomic E-state index is 11.2. The Morgan fingerprint density at radius 2 is 2.23 bits per heavy atom. The summed E-state index contributed by atoms with van der Waals surface area (Å²) in [5, 5.41) is 0. The molecule has 1 saturated heterocycles. The molecule has 1 aliphatic rings. The molecule has 1 fully saturated rings. The number of carbonyl (C=O) groups is 1. The van der Waals surface area contributed by atoms with Crippen LogP contribution in [0, 0.1) is 5.41 Å². The third-order valence-electron chi connectivity index (χ3n) is 2.21. The van der Waals surface area contributed by atoms with Crippen molar-refractivity contribution >= 4 is 5.97 Å². The largest absolute Gasteiger partial charge is 0.456 e. The van der Waals surface area contributed by atoms with E-state index in [0.717, 1.165) is 0 Å². The fourth-order valence-corrected chi connectivity index (χ4v) is 1.17. The van der Waals surface area contributed by atoms with Crippen molar-refractivity contribution in [1.82, 2.24) is 0 Å². The lowest BCUT2D eigenvalue weighted by molar-refractivity contribution is -0.147. The fraction of sp³-hybridized carbons (Fsp3) is 0.700. The third-order valence-corrected chi connectivity index (χ3v) is 2.21. The van der Waals surface area contributed by atoms with E-state index >= 15 is 0 Å². The smallest absolute Gasteiger partial charge is 0.333 e. The molecule has 3 nitrogen and oxygen atoms in total. The first kappa shape index (κ1) is 10.3. The van der Waals surface area contributed by atoms with Crippen molar-refractivity contribution in [3.8, 4) is 0 Å². The molecular formula is C10H16O3. The van der Waals surface area contributed by atoms with Crippen LogP contribution in [0.25, 0.3) is 0 Å². The minimum Gasteiger partial charge on any atom is -0.456 e. The van der Waals surface area contributed by atoms with E-state index in [0.29, 0.717) is 18.8 Å². The van der Waals surface area contributed by atoms with Gasteiger partial charge in [0.1, 0.15) is 6.10 Å². The third kappa shape index (κ3) is 2.31. The van der Waals surface area contributed by atoms with E-state index < -0.39 is 0 Å². The predicted octanol–water partition coefficient (Wildman–Crippen LogP) is 1.53. The van der Waals surface area contributed by atoms with Gasteiger partial charge in [0.2, 0.25) is 0 Å². The van der Waals surface area contributed by atoms with Crippen LogP contribution in [-0.4, -0.2) is 25.3 Å². The molecule has 0 saturated carbocycles. The van der Waals surface area contributed by atoms with Gasteiger partial charge in [-0.05, 0) is 6.92 Å². The SMILES string of the molecule is C=C(C)C(=O)OC1COCC1(C)C. The Kier molecular flexibility index (Phi) is 2.76. The van der Waals surface area contributed by atoms with Crippen LogP contribution in [0.3, 0.4) is 0 Å². The molecule has 0 amide bonds. The van der Waals surface area contributed by atoms with Crippen molar-refractivity contribution in [3.63, 3.8) is 0 Å². The molecule has 0 bridgehead atoms. The van der Waals surface area contributed by atoms with Gasteiger partial charge in [0.05, 0.1) is 13.2 Å². The molecule has 0 aromatic rings. The van der Waals surface area contributed by atoms with Crippen LogP contribution in [0.5, 0.6) is 0 Å². The summed E-state index contributed by atoms with van der Waals surface area (Å²) >= 11 is 0. The molecular weight excluding hydrogens is 168 g/mol. The highest BCUT2D eigenvalue weighted by Crippen LogP contribution is 2.30. The molecule has 0 aromatic carbocycles. The normalized spacial score (nSPS) is 25.6. The van der Waals surface area contributed by atoms with Crippen LogP contribution >= 0.6 is 0 Å². The van der Waals surface area contributed by atoms with E-state index in [1.807, 2.05) is 13.8 Å². The van der Waals surface area contributed by atoms with E-state index in [-0.39, 0.29) is 17.5 Å². The summed E-state index contributed by atoms with van der Waals surface area (Å²) in [5.41, 5.74) is 0.355. The van der Waals surface area contributed by atoms with Crippen molar-refractivity contribution in [2.45, 2.75) is 26.9 Å². The van der Waals surface area contributed by atoms with Crippen LogP contribution in [0.4, 0.5) is 0 Å². The fourth-order valence-electron chi connectivity index (χ4n) is 1.17. The summed E-state index contributed by atoms with van der Waals surface area (Å²) in [7, 11) is 0. The molecule has 0 aromatic heterocycles. The van der Waals surface area contributed by atoms with E-state index in [1.165, 1.54) is 0 Å². The molecule has 0 N–H and O–H groups in total. The summed E-state index contributed by atoms with van der Waals surface area (Å²) < 4.78 is 10.5. The second kappa shape index (κ2) is 3.50. The topological polar surface area (TPSA) is 35.5 Å². The maximum Gasteiger partial charge on any atom is 0.333 e. The Balaban J connectivity index is 2.54. The average Bonchev–Trinajstić information content (AvgIpc) is 2.30. The highest BCUT2D eigenvalue weighted by atomic mass is 16.6. The summed E-state index contributed by atoms with van der Waals surface area (Å²) in [6.45, 7) is 10.4. The summed E-state index contributed by atoms with van der Waals surface area (Å²) in [4.78, 5) is 11.2. The maximum absolute atomic E-state index is 11.2. The first-order valence-electron chi connectivity index (χ1n) is 4.38. The van der Waals surface area contributed by atoms with Gasteiger partial charge < -0.3 is 9.47 Å². The number of esters is 1. The molecule has 13 heavy (non-hydrogen) atoms. The Morgan fingerprint density at radius 3 is 2.62 bits per heavy atom. The molecule has 0 spiro atoms. The quantitative estimate of drug-likeness (QED) is 0.482. The number of hydrogen-bond acceptors (Lipinski definition) is 3. The number of hydrogen-bond donors (Lipinski definition) is 0. The molecule has 74 valence electrons. The second-order valence-corrected chi connectivity index (χ2v) is 4.18. The minimum absolute atomic E-state index is 0.0783. The molecule has 1 heterocycles. The van der Waals surface area contributed by atoms with E-state index in [4.69, 9.17) is 9.47 Å². The monoisotopic (exact) mass is 184 g/mol. The molecule has 1 aliphatic heterocycles. The van der Waals surface area contributed by atoms with Crippen LogP contribution in [-0.2, 0) is 14.3 Å². The van der Waals surface area contributed by atoms with Gasteiger partial charge in [-0.25, -0.2) is 4.79 Å². The zero-order valence-corrected chi connectivity index (χ0v) is 8.42. The minimum atomic E-state index is -0.330. The van der Waals surface area contributed by atoms with Crippen LogP contribution in [0.2, 0.25) is 0 Å². The lowest BCUT2D eigenvalue weighted by Crippen LogP contribution is -2.32. The predicted molar refractivity (Wildman–Crippen MR) is 49.3 cm³/mol. The van der Waals surface area contributed by atoms with Crippen molar-refractivity contribution in [2.75, 3.05) is 13.2 Å². The van der Waals surface area contributed by atoms with Crippen molar-refractivity contribution in [2.24, 2.45) is 5.41 Å². The molecule has 1 unspecified atom stereocenters. The number of rotatable bonds is 2. The Morgan fingerprint density at radius 1 is 1.62 bits per heavy atom. The van der Waals surface area contributed by atoms with Crippen molar-refractivity contribution in [3.05, 3.63) is 12.2 Å². The Hall–Kier alpha value is -0.830. The van der Waals surface area contributed by atoms with Crippen LogP contribution in [0.1, 0.15) is 20.8 Å². The van der Waals surface area contributed by atoms with Gasteiger partial charge in [0.15, 0.2) is 0 Å². The number of carbonyl (C=O) groups excluding carboxylic acids is 1. The zero-order chi connectivity index (χ0) is 10.1. The standard InChI is InChI=1S/C10H16O3/c1-7(2)9(11)13-8-5-12-6-10(8,3)4/h8H,1,5-6H2,2-4H3. The molecule has 1 atom stereocenters. The van der Waals surface area contributed by atoms with Gasteiger partial charge in [-0.15, -0.1) is 0 Å². The lowest BCUT2D eigenvalue weighted by Gasteiger charge is -2.24. The zero-order valence-electron chi connectivity index (χ0n) is 8.42. The molecule has 3 heteroatoms. The van der Waals surface area contributed by atoms with Crippen LogP contribution in [0.15, 0.2) is 12.2 Å². The Bertz CT molecular complexity index is 230. The molecule has 0 radical (unpaired) electrons. The summed E-state index contributed by atoms with van der Waals surface area (Å²) in [5.74, 6) is -0.330. The van der Waals surface area contributed by atoms with Crippen molar-refractivity contribution < 1.29 is 14.3 Å². The average molecular weight is 184 g/mol. The van der Waals surface area contributed by atoms with Crippen molar-refractivity contribution in [1.29, 1.82) is 0 Å². The van der Waals surface area contributed by atoms with Gasteiger partial charge in [0.25, 0.3) is 0 Å². The molecule has 1 rings (SSSR count). The Labute approximate surface area is 78.7 Å². The van der Waals surface area contributed by atoms with Gasteiger partial charge >= 0.3 is 5.97 Å². The highest BCUT2D eigenvalue weighted by molar-refractivity contribution is 5.87. The summed E-state index contributed by atoms with van der Waals surface area (Å²) in [6.07, 6.45) is -0.142. The van der Waals surface area contributed by atoms with Gasteiger partial charge in [-0.1, -0.05) is 20.4 Å². The number of ether oxygens (including phenoxy) is 2. The van der Waals surface area contributed by atoms with E-state index in [2.05, 4.69) is 6.58 Å². The van der Waals surface area contributed by atoms with Crippen LogP contribution < -0.4 is 0 Å². The highest BCUT2D eigenvalue weighted by Gasteiger charge is 2.38. The van der Waals surface area contributed by atoms with Gasteiger partial charge in [0, 0.05) is 11.0 Å².